The number of aryl methyl sites for hydroxylation is 2. The Hall–Kier alpha value is -3.05. The van der Waals surface area contributed by atoms with E-state index in [4.69, 9.17) is 0 Å². The molecule has 0 radical (unpaired) electrons. The lowest BCUT2D eigenvalue weighted by molar-refractivity contribution is -0.116. The summed E-state index contributed by atoms with van der Waals surface area (Å²) in [5.41, 5.74) is 5.10. The minimum Gasteiger partial charge on any atom is -0.326 e. The van der Waals surface area contributed by atoms with Crippen LogP contribution in [0.15, 0.2) is 77.7 Å². The summed E-state index contributed by atoms with van der Waals surface area (Å²) in [6.07, 6.45) is 4.25. The number of anilines is 3. The number of benzene rings is 3. The lowest BCUT2D eigenvalue weighted by Gasteiger charge is -2.25. The van der Waals surface area contributed by atoms with Crippen LogP contribution in [0.4, 0.5) is 17.1 Å². The molecule has 1 aliphatic heterocycles. The van der Waals surface area contributed by atoms with E-state index < -0.39 is 0 Å². The Morgan fingerprint density at radius 1 is 0.906 bits per heavy atom. The highest BCUT2D eigenvalue weighted by molar-refractivity contribution is 8.00. The Morgan fingerprint density at radius 3 is 2.22 bits per heavy atom. The number of hydrogen-bond donors (Lipinski definition) is 1. The van der Waals surface area contributed by atoms with Gasteiger partial charge in [0.15, 0.2) is 0 Å². The van der Waals surface area contributed by atoms with E-state index in [9.17, 15) is 9.59 Å². The highest BCUT2D eigenvalue weighted by Gasteiger charge is 2.25. The number of carbonyl (C=O) groups is 2. The molecular weight excluding hydrogens is 416 g/mol. The third-order valence-electron chi connectivity index (χ3n) is 5.62. The Balaban J connectivity index is 1.50. The van der Waals surface area contributed by atoms with Gasteiger partial charge in [-0.3, -0.25) is 14.5 Å². The van der Waals surface area contributed by atoms with Crippen molar-refractivity contribution in [3.63, 3.8) is 0 Å². The number of nitrogens with one attached hydrogen (secondary N) is 1. The normalized spacial score (nSPS) is 12.5. The van der Waals surface area contributed by atoms with E-state index in [2.05, 4.69) is 24.4 Å². The maximum absolute atomic E-state index is 13.5. The number of unbranched alkanes of at least 4 members (excludes halogenated alkanes) is 1. The average Bonchev–Trinajstić information content (AvgIpc) is 2.98. The molecule has 0 aromatic heterocycles. The van der Waals surface area contributed by atoms with Gasteiger partial charge in [0.1, 0.15) is 0 Å². The molecule has 3 aromatic rings. The number of fused-ring (bicyclic) bond motifs is 2. The first kappa shape index (κ1) is 22.2. The van der Waals surface area contributed by atoms with Crippen molar-refractivity contribution in [1.82, 2.24) is 0 Å². The number of nitrogens with zero attached hydrogens (tertiary/aromatic N) is 1. The molecule has 2 amide bonds. The second kappa shape index (κ2) is 10.5. The van der Waals surface area contributed by atoms with Crippen molar-refractivity contribution in [2.45, 2.75) is 43.9 Å². The molecule has 0 atom stereocenters. The Labute approximate surface area is 194 Å². The summed E-state index contributed by atoms with van der Waals surface area (Å²) in [5, 5.41) is 2.95. The van der Waals surface area contributed by atoms with Crippen LogP contribution in [0.1, 0.15) is 37.3 Å². The molecule has 0 spiro atoms. The summed E-state index contributed by atoms with van der Waals surface area (Å²) in [7, 11) is 0. The zero-order chi connectivity index (χ0) is 22.3. The second-order valence-corrected chi connectivity index (χ2v) is 9.00. The molecular formula is C27H28N2O2S. The van der Waals surface area contributed by atoms with Gasteiger partial charge in [-0.1, -0.05) is 55.8 Å². The summed E-state index contributed by atoms with van der Waals surface area (Å²) in [6, 6.07) is 24.1. The van der Waals surface area contributed by atoms with Crippen LogP contribution >= 0.6 is 11.8 Å². The maximum atomic E-state index is 13.5. The number of thioether (sulfide) groups is 1. The highest BCUT2D eigenvalue weighted by atomic mass is 32.2. The van der Waals surface area contributed by atoms with Gasteiger partial charge in [-0.15, -0.1) is 11.8 Å². The molecule has 32 heavy (non-hydrogen) atoms. The number of rotatable bonds is 7. The lowest BCUT2D eigenvalue weighted by atomic mass is 10.0. The van der Waals surface area contributed by atoms with Gasteiger partial charge in [0.2, 0.25) is 11.8 Å². The molecule has 164 valence electrons. The van der Waals surface area contributed by atoms with Crippen molar-refractivity contribution in [2.24, 2.45) is 0 Å². The smallest absolute Gasteiger partial charge is 0.241 e. The van der Waals surface area contributed by atoms with Gasteiger partial charge in [0.05, 0.1) is 17.1 Å². The van der Waals surface area contributed by atoms with Gasteiger partial charge in [0, 0.05) is 17.0 Å². The maximum Gasteiger partial charge on any atom is 0.241 e. The van der Waals surface area contributed by atoms with Gasteiger partial charge in [-0.05, 0) is 60.7 Å². The first-order chi connectivity index (χ1) is 15.7. The summed E-state index contributed by atoms with van der Waals surface area (Å²) in [4.78, 5) is 28.3. The van der Waals surface area contributed by atoms with E-state index in [1.165, 1.54) is 22.9 Å². The summed E-state index contributed by atoms with van der Waals surface area (Å²) < 4.78 is 0. The summed E-state index contributed by atoms with van der Waals surface area (Å²) >= 11 is 1.49. The van der Waals surface area contributed by atoms with Gasteiger partial charge < -0.3 is 5.32 Å². The minimum atomic E-state index is 0.0304. The molecule has 0 saturated heterocycles. The molecule has 3 aromatic carbocycles. The molecule has 0 bridgehead atoms. The van der Waals surface area contributed by atoms with Crippen molar-refractivity contribution < 1.29 is 9.59 Å². The third-order valence-corrected chi connectivity index (χ3v) is 6.59. The van der Waals surface area contributed by atoms with Gasteiger partial charge in [-0.25, -0.2) is 0 Å². The number of carbonyl (C=O) groups excluding carboxylic acids is 2. The first-order valence-corrected chi connectivity index (χ1v) is 12.2. The number of hydrogen-bond acceptors (Lipinski definition) is 3. The van der Waals surface area contributed by atoms with Gasteiger partial charge >= 0.3 is 0 Å². The van der Waals surface area contributed by atoms with Crippen LogP contribution in [0.2, 0.25) is 0 Å². The topological polar surface area (TPSA) is 49.4 Å². The van der Waals surface area contributed by atoms with Crippen LogP contribution in [0.3, 0.4) is 0 Å². The standard InChI is InChI=1S/C27H28N2O2S/c1-2-3-15-26(30)28-22-11-8-12-23(18-22)32-19-27(31)29-24-13-6-4-9-20(24)16-17-21-10-5-7-14-25(21)29/h4-14,18H,2-3,15-17,19H2,1H3,(H,28,30). The molecule has 1 aliphatic rings. The van der Waals surface area contributed by atoms with E-state index in [-0.39, 0.29) is 11.8 Å². The van der Waals surface area contributed by atoms with Gasteiger partial charge in [0.25, 0.3) is 0 Å². The summed E-state index contributed by atoms with van der Waals surface area (Å²) in [5.74, 6) is 0.396. The van der Waals surface area contributed by atoms with Crippen LogP contribution in [-0.2, 0) is 22.4 Å². The Bertz CT molecular complexity index is 1060. The predicted octanol–water partition coefficient (Wildman–Crippen LogP) is 6.37. The van der Waals surface area contributed by atoms with Crippen LogP contribution in [0.25, 0.3) is 0 Å². The molecule has 1 N–H and O–H groups in total. The molecule has 0 unspecified atom stereocenters. The Kier molecular flexibility index (Phi) is 7.28. The van der Waals surface area contributed by atoms with Crippen molar-refractivity contribution in [3.8, 4) is 0 Å². The molecule has 5 heteroatoms. The zero-order valence-electron chi connectivity index (χ0n) is 18.3. The third kappa shape index (κ3) is 5.22. The predicted molar refractivity (Wildman–Crippen MR) is 133 cm³/mol. The monoisotopic (exact) mass is 444 g/mol. The molecule has 4 nitrogen and oxygen atoms in total. The molecule has 4 rings (SSSR count). The summed E-state index contributed by atoms with van der Waals surface area (Å²) in [6.45, 7) is 2.07. The van der Waals surface area contributed by atoms with Crippen LogP contribution in [0.5, 0.6) is 0 Å². The lowest BCUT2D eigenvalue weighted by Crippen LogP contribution is -2.28. The van der Waals surface area contributed by atoms with E-state index in [1.54, 1.807) is 0 Å². The van der Waals surface area contributed by atoms with Crippen LogP contribution in [-0.4, -0.2) is 17.6 Å². The van der Waals surface area contributed by atoms with Crippen LogP contribution < -0.4 is 10.2 Å². The number of amides is 2. The minimum absolute atomic E-state index is 0.0304. The average molecular weight is 445 g/mol. The van der Waals surface area contributed by atoms with Crippen molar-refractivity contribution >= 4 is 40.6 Å². The quantitative estimate of drug-likeness (QED) is 0.431. The van der Waals surface area contributed by atoms with E-state index >= 15 is 0 Å². The molecule has 0 aliphatic carbocycles. The van der Waals surface area contributed by atoms with Crippen molar-refractivity contribution in [1.29, 1.82) is 0 Å². The van der Waals surface area contributed by atoms with Crippen molar-refractivity contribution in [2.75, 3.05) is 16.0 Å². The molecule has 1 heterocycles. The van der Waals surface area contributed by atoms with E-state index in [0.29, 0.717) is 12.2 Å². The highest BCUT2D eigenvalue weighted by Crippen LogP contribution is 2.36. The largest absolute Gasteiger partial charge is 0.326 e. The first-order valence-electron chi connectivity index (χ1n) is 11.2. The van der Waals surface area contributed by atoms with Crippen LogP contribution in [0, 0.1) is 0 Å². The SMILES string of the molecule is CCCCC(=O)Nc1cccc(SCC(=O)N2c3ccccc3CCc3ccccc32)c1. The fraction of sp³-hybridized carbons (Fsp3) is 0.259. The van der Waals surface area contributed by atoms with E-state index in [1.807, 2.05) is 65.6 Å². The van der Waals surface area contributed by atoms with Gasteiger partial charge in [-0.2, -0.15) is 0 Å². The fourth-order valence-corrected chi connectivity index (χ4v) is 4.79. The van der Waals surface area contributed by atoms with Crippen molar-refractivity contribution in [3.05, 3.63) is 83.9 Å². The zero-order valence-corrected chi connectivity index (χ0v) is 19.2. The second-order valence-electron chi connectivity index (χ2n) is 7.95. The molecule has 0 saturated carbocycles. The number of para-hydroxylation sites is 2. The van der Waals surface area contributed by atoms with E-state index in [0.717, 1.165) is 47.6 Å². The Morgan fingerprint density at radius 2 is 1.56 bits per heavy atom. The molecule has 0 fully saturated rings. The fourth-order valence-electron chi connectivity index (χ4n) is 3.98.